The molecule has 1 aromatic carbocycles. The van der Waals surface area contributed by atoms with Crippen LogP contribution in [-0.4, -0.2) is 27.9 Å². The number of benzene rings is 1. The minimum Gasteiger partial charge on any atom is -0.342 e. The summed E-state index contributed by atoms with van der Waals surface area (Å²) in [7, 11) is 0. The molecule has 2 rings (SSSR count). The lowest BCUT2D eigenvalue weighted by Crippen LogP contribution is -2.34. The number of amides is 2. The first kappa shape index (κ1) is 17.0. The Morgan fingerprint density at radius 3 is 2.74 bits per heavy atom. The number of hydrogen-bond donors (Lipinski definition) is 2. The van der Waals surface area contributed by atoms with Crippen molar-refractivity contribution in [3.63, 3.8) is 0 Å². The van der Waals surface area contributed by atoms with Gasteiger partial charge in [-0.1, -0.05) is 17.7 Å². The Balaban J connectivity index is 1.93. The number of imidazole rings is 1. The van der Waals surface area contributed by atoms with Gasteiger partial charge in [0.25, 0.3) is 5.91 Å². The van der Waals surface area contributed by atoms with Gasteiger partial charge in [-0.25, -0.2) is 4.98 Å². The highest BCUT2D eigenvalue weighted by molar-refractivity contribution is 6.33. The normalized spacial score (nSPS) is 10.7. The van der Waals surface area contributed by atoms with Crippen molar-refractivity contribution in [3.8, 4) is 0 Å². The van der Waals surface area contributed by atoms with Crippen LogP contribution in [0.3, 0.4) is 0 Å². The van der Waals surface area contributed by atoms with Gasteiger partial charge in [-0.3, -0.25) is 9.59 Å². The molecular weight excluding hydrogens is 316 g/mol. The van der Waals surface area contributed by atoms with Gasteiger partial charge in [0, 0.05) is 6.04 Å². The van der Waals surface area contributed by atoms with Crippen LogP contribution in [0.5, 0.6) is 0 Å². The molecule has 0 aliphatic carbocycles. The number of aromatic nitrogens is 2. The summed E-state index contributed by atoms with van der Waals surface area (Å²) < 4.78 is 1.74. The Kier molecular flexibility index (Phi) is 5.39. The third-order valence-electron chi connectivity index (χ3n) is 3.26. The lowest BCUT2D eigenvalue weighted by molar-refractivity contribution is -0.115. The zero-order chi connectivity index (χ0) is 17.0. The van der Waals surface area contributed by atoms with E-state index in [1.165, 1.54) is 6.20 Å². The lowest BCUT2D eigenvalue weighted by Gasteiger charge is -2.12. The van der Waals surface area contributed by atoms with Crippen LogP contribution in [-0.2, 0) is 4.79 Å². The average Bonchev–Trinajstić information content (AvgIpc) is 2.97. The van der Waals surface area contributed by atoms with Gasteiger partial charge in [0.1, 0.15) is 5.69 Å². The highest BCUT2D eigenvalue weighted by Crippen LogP contribution is 2.22. The van der Waals surface area contributed by atoms with Crippen LogP contribution in [0, 0.1) is 6.92 Å². The number of nitrogens with one attached hydrogen (secondary N) is 2. The first-order valence-electron chi connectivity index (χ1n) is 7.24. The summed E-state index contributed by atoms with van der Waals surface area (Å²) >= 11 is 6.06. The van der Waals surface area contributed by atoms with Crippen LogP contribution in [0.1, 0.15) is 35.9 Å². The Hall–Kier alpha value is -2.34. The molecule has 1 aromatic heterocycles. The van der Waals surface area contributed by atoms with Crippen LogP contribution >= 0.6 is 11.6 Å². The second-order valence-corrected chi connectivity index (χ2v) is 5.90. The van der Waals surface area contributed by atoms with Crippen molar-refractivity contribution in [3.05, 3.63) is 47.0 Å². The van der Waals surface area contributed by atoms with Gasteiger partial charge >= 0.3 is 0 Å². The molecule has 2 amide bonds. The first-order valence-corrected chi connectivity index (χ1v) is 7.62. The van der Waals surface area contributed by atoms with Crippen LogP contribution in [0.2, 0.25) is 5.02 Å². The van der Waals surface area contributed by atoms with Crippen molar-refractivity contribution >= 4 is 29.1 Å². The molecule has 0 spiro atoms. The Morgan fingerprint density at radius 2 is 2.09 bits per heavy atom. The smallest absolute Gasteiger partial charge is 0.270 e. The van der Waals surface area contributed by atoms with Gasteiger partial charge in [-0.05, 0) is 38.5 Å². The minimum absolute atomic E-state index is 0.110. The van der Waals surface area contributed by atoms with Gasteiger partial charge in [-0.2, -0.15) is 0 Å². The van der Waals surface area contributed by atoms with Crippen molar-refractivity contribution in [2.75, 3.05) is 11.9 Å². The molecule has 1 heterocycles. The Labute approximate surface area is 139 Å². The molecule has 23 heavy (non-hydrogen) atoms. The summed E-state index contributed by atoms with van der Waals surface area (Å²) in [4.78, 5) is 28.0. The number of aryl methyl sites for hydroxylation is 1. The molecule has 122 valence electrons. The standard InChI is InChI=1S/C16H19ClN4O2/c1-10(2)21-9-18-7-14(21)16(23)19-8-15(22)20-13-5-4-11(3)6-12(13)17/h4-7,9-10H,8H2,1-3H3,(H,19,23)(H,20,22). The lowest BCUT2D eigenvalue weighted by atomic mass is 10.2. The maximum atomic E-state index is 12.1. The van der Waals surface area contributed by atoms with Gasteiger partial charge in [0.05, 0.1) is 29.8 Å². The molecule has 6 nitrogen and oxygen atoms in total. The molecule has 0 radical (unpaired) electrons. The number of carbonyl (C=O) groups excluding carboxylic acids is 2. The molecule has 0 bridgehead atoms. The summed E-state index contributed by atoms with van der Waals surface area (Å²) in [5, 5.41) is 5.70. The van der Waals surface area contributed by atoms with E-state index in [1.54, 1.807) is 23.0 Å². The highest BCUT2D eigenvalue weighted by Gasteiger charge is 2.15. The predicted octanol–water partition coefficient (Wildman–Crippen LogP) is 2.79. The second kappa shape index (κ2) is 7.28. The molecule has 0 saturated heterocycles. The van der Waals surface area contributed by atoms with Gasteiger partial charge in [0.2, 0.25) is 5.91 Å². The van der Waals surface area contributed by atoms with E-state index < -0.39 is 0 Å². The molecular formula is C16H19ClN4O2. The number of carbonyl (C=O) groups is 2. The number of anilines is 1. The van der Waals surface area contributed by atoms with Crippen molar-refractivity contribution in [2.24, 2.45) is 0 Å². The fourth-order valence-electron chi connectivity index (χ4n) is 2.06. The summed E-state index contributed by atoms with van der Waals surface area (Å²) in [6, 6.07) is 5.45. The van der Waals surface area contributed by atoms with Crippen molar-refractivity contribution in [1.29, 1.82) is 0 Å². The zero-order valence-electron chi connectivity index (χ0n) is 13.3. The quantitative estimate of drug-likeness (QED) is 0.882. The van der Waals surface area contributed by atoms with Crippen LogP contribution < -0.4 is 10.6 Å². The first-order chi connectivity index (χ1) is 10.9. The molecule has 7 heteroatoms. The molecule has 2 N–H and O–H groups in total. The van der Waals surface area contributed by atoms with E-state index in [4.69, 9.17) is 11.6 Å². The molecule has 0 aliphatic rings. The van der Waals surface area contributed by atoms with E-state index >= 15 is 0 Å². The second-order valence-electron chi connectivity index (χ2n) is 5.49. The third-order valence-corrected chi connectivity index (χ3v) is 3.58. The average molecular weight is 335 g/mol. The van der Waals surface area contributed by atoms with Crippen LogP contribution in [0.25, 0.3) is 0 Å². The monoisotopic (exact) mass is 334 g/mol. The maximum Gasteiger partial charge on any atom is 0.270 e. The molecule has 0 saturated carbocycles. The fourth-order valence-corrected chi connectivity index (χ4v) is 2.34. The molecule has 2 aromatic rings. The number of nitrogens with zero attached hydrogens (tertiary/aromatic N) is 2. The minimum atomic E-state index is -0.347. The number of halogens is 1. The largest absolute Gasteiger partial charge is 0.342 e. The number of rotatable bonds is 5. The summed E-state index contributed by atoms with van der Waals surface area (Å²) in [6.07, 6.45) is 3.07. The molecule has 0 atom stereocenters. The van der Waals surface area contributed by atoms with Crippen LogP contribution in [0.4, 0.5) is 5.69 Å². The fraction of sp³-hybridized carbons (Fsp3) is 0.312. The van der Waals surface area contributed by atoms with Gasteiger partial charge < -0.3 is 15.2 Å². The Morgan fingerprint density at radius 1 is 1.35 bits per heavy atom. The van der Waals surface area contributed by atoms with Crippen molar-refractivity contribution in [2.45, 2.75) is 26.8 Å². The van der Waals surface area contributed by atoms with E-state index in [9.17, 15) is 9.59 Å². The highest BCUT2D eigenvalue weighted by atomic mass is 35.5. The zero-order valence-corrected chi connectivity index (χ0v) is 14.0. The summed E-state index contributed by atoms with van der Waals surface area (Å²) in [6.45, 7) is 5.66. The van der Waals surface area contributed by atoms with Crippen LogP contribution in [0.15, 0.2) is 30.7 Å². The summed E-state index contributed by atoms with van der Waals surface area (Å²) in [5.74, 6) is -0.693. The molecule has 0 fully saturated rings. The Bertz CT molecular complexity index is 725. The van der Waals surface area contributed by atoms with Gasteiger partial charge in [0.15, 0.2) is 0 Å². The molecule has 0 unspecified atom stereocenters. The van der Waals surface area contributed by atoms with Gasteiger partial charge in [-0.15, -0.1) is 0 Å². The topological polar surface area (TPSA) is 76.0 Å². The summed E-state index contributed by atoms with van der Waals surface area (Å²) in [5.41, 5.74) is 1.94. The SMILES string of the molecule is Cc1ccc(NC(=O)CNC(=O)c2cncn2C(C)C)c(Cl)c1. The third kappa shape index (κ3) is 4.32. The number of hydrogen-bond acceptors (Lipinski definition) is 3. The van der Waals surface area contributed by atoms with E-state index in [0.717, 1.165) is 5.56 Å². The molecule has 0 aliphatic heterocycles. The predicted molar refractivity (Wildman–Crippen MR) is 89.8 cm³/mol. The van der Waals surface area contributed by atoms with Crippen molar-refractivity contribution in [1.82, 2.24) is 14.9 Å². The van der Waals surface area contributed by atoms with E-state index in [2.05, 4.69) is 15.6 Å². The van der Waals surface area contributed by atoms with E-state index in [1.807, 2.05) is 26.8 Å². The maximum absolute atomic E-state index is 12.1. The van der Waals surface area contributed by atoms with E-state index in [-0.39, 0.29) is 24.4 Å². The van der Waals surface area contributed by atoms with E-state index in [0.29, 0.717) is 16.4 Å². The van der Waals surface area contributed by atoms with Crippen molar-refractivity contribution < 1.29 is 9.59 Å².